The summed E-state index contributed by atoms with van der Waals surface area (Å²) in [4.78, 5) is 25.1. The minimum atomic E-state index is -4.54. The molecule has 3 rings (SSSR count). The quantitative estimate of drug-likeness (QED) is 0.861. The van der Waals surface area contributed by atoms with Crippen molar-refractivity contribution in [2.24, 2.45) is 0 Å². The van der Waals surface area contributed by atoms with E-state index in [1.807, 2.05) is 25.8 Å². The molecule has 0 aliphatic carbocycles. The Morgan fingerprint density at radius 1 is 1.29 bits per heavy atom. The van der Waals surface area contributed by atoms with E-state index in [9.17, 15) is 18.0 Å². The average Bonchev–Trinajstić information content (AvgIpc) is 2.65. The topological polar surface area (TPSA) is 61.4 Å². The standard InChI is InChI=1S/C19H22F3N5O/c1-4-26(3)17-13-11-27(10-9-15(13)23-12(2)24-17)18(28)25-16-8-6-5-7-14(16)19(20,21)22/h5-8H,4,9-11H2,1-3H3,(H,25,28). The van der Waals surface area contributed by atoms with Gasteiger partial charge in [-0.25, -0.2) is 14.8 Å². The number of carbonyl (C=O) groups is 1. The molecule has 2 heterocycles. The van der Waals surface area contributed by atoms with E-state index in [1.54, 1.807) is 0 Å². The molecule has 0 spiro atoms. The zero-order valence-corrected chi connectivity index (χ0v) is 16.0. The van der Waals surface area contributed by atoms with Gasteiger partial charge in [0.1, 0.15) is 11.6 Å². The number of rotatable bonds is 3. The summed E-state index contributed by atoms with van der Waals surface area (Å²) in [5.74, 6) is 1.41. The van der Waals surface area contributed by atoms with Crippen LogP contribution in [0.3, 0.4) is 0 Å². The first-order valence-corrected chi connectivity index (χ1v) is 9.00. The third kappa shape index (κ3) is 4.02. The zero-order valence-electron chi connectivity index (χ0n) is 16.0. The Labute approximate surface area is 161 Å². The summed E-state index contributed by atoms with van der Waals surface area (Å²) in [6.45, 7) is 5.16. The zero-order chi connectivity index (χ0) is 20.5. The number of nitrogens with one attached hydrogen (secondary N) is 1. The lowest BCUT2D eigenvalue weighted by Gasteiger charge is -2.31. The number of nitrogens with zero attached hydrogens (tertiary/aromatic N) is 4. The summed E-state index contributed by atoms with van der Waals surface area (Å²) >= 11 is 0. The molecule has 1 aliphatic heterocycles. The van der Waals surface area contributed by atoms with Gasteiger partial charge in [-0.2, -0.15) is 13.2 Å². The van der Waals surface area contributed by atoms with Crippen molar-refractivity contribution in [3.63, 3.8) is 0 Å². The Kier molecular flexibility index (Phi) is 5.44. The van der Waals surface area contributed by atoms with Crippen molar-refractivity contribution >= 4 is 17.5 Å². The first-order valence-electron chi connectivity index (χ1n) is 9.00. The minimum absolute atomic E-state index is 0.245. The van der Waals surface area contributed by atoms with Crippen LogP contribution in [0.4, 0.5) is 29.5 Å². The van der Waals surface area contributed by atoms with Gasteiger partial charge in [0.05, 0.1) is 23.5 Å². The molecular formula is C19H22F3N5O. The van der Waals surface area contributed by atoms with Gasteiger partial charge in [0, 0.05) is 32.1 Å². The van der Waals surface area contributed by atoms with Gasteiger partial charge in [0.15, 0.2) is 0 Å². The lowest BCUT2D eigenvalue weighted by molar-refractivity contribution is -0.136. The molecule has 150 valence electrons. The highest BCUT2D eigenvalue weighted by Gasteiger charge is 2.34. The molecule has 0 radical (unpaired) electrons. The summed E-state index contributed by atoms with van der Waals surface area (Å²) in [7, 11) is 1.90. The molecule has 9 heteroatoms. The largest absolute Gasteiger partial charge is 0.418 e. The molecule has 1 N–H and O–H groups in total. The smallest absolute Gasteiger partial charge is 0.360 e. The van der Waals surface area contributed by atoms with Gasteiger partial charge in [-0.1, -0.05) is 12.1 Å². The van der Waals surface area contributed by atoms with Crippen molar-refractivity contribution < 1.29 is 18.0 Å². The predicted molar refractivity (Wildman–Crippen MR) is 100 cm³/mol. The number of anilines is 2. The van der Waals surface area contributed by atoms with Gasteiger partial charge < -0.3 is 15.1 Å². The SMILES string of the molecule is CCN(C)c1nc(C)nc2c1CN(C(=O)Nc1ccccc1C(F)(F)F)CC2. The maximum Gasteiger partial charge on any atom is 0.418 e. The second kappa shape index (κ2) is 7.65. The third-order valence-corrected chi connectivity index (χ3v) is 4.75. The number of hydrogen-bond acceptors (Lipinski definition) is 4. The van der Waals surface area contributed by atoms with Crippen LogP contribution in [0.2, 0.25) is 0 Å². The highest BCUT2D eigenvalue weighted by atomic mass is 19.4. The van der Waals surface area contributed by atoms with Gasteiger partial charge >= 0.3 is 12.2 Å². The number of halogens is 3. The van der Waals surface area contributed by atoms with E-state index in [-0.39, 0.29) is 12.2 Å². The van der Waals surface area contributed by atoms with Crippen LogP contribution < -0.4 is 10.2 Å². The number of aryl methyl sites for hydroxylation is 1. The van der Waals surface area contributed by atoms with E-state index < -0.39 is 17.8 Å². The lowest BCUT2D eigenvalue weighted by atomic mass is 10.1. The summed E-state index contributed by atoms with van der Waals surface area (Å²) in [6, 6.07) is 4.38. The van der Waals surface area contributed by atoms with Gasteiger partial charge in [0.2, 0.25) is 0 Å². The molecule has 0 unspecified atom stereocenters. The molecule has 1 aliphatic rings. The van der Waals surface area contributed by atoms with Crippen LogP contribution in [0.5, 0.6) is 0 Å². The first kappa shape index (κ1) is 19.9. The summed E-state index contributed by atoms with van der Waals surface area (Å²) in [5.41, 5.74) is 0.589. The highest BCUT2D eigenvalue weighted by molar-refractivity contribution is 5.90. The molecular weight excluding hydrogens is 371 g/mol. The number of benzene rings is 1. The number of aromatic nitrogens is 2. The molecule has 0 fully saturated rings. The van der Waals surface area contributed by atoms with Crippen molar-refractivity contribution in [2.45, 2.75) is 33.0 Å². The number of hydrogen-bond donors (Lipinski definition) is 1. The van der Waals surface area contributed by atoms with E-state index in [0.717, 1.165) is 29.7 Å². The summed E-state index contributed by atoms with van der Waals surface area (Å²) in [6.07, 6.45) is -4.02. The van der Waals surface area contributed by atoms with E-state index in [2.05, 4.69) is 15.3 Å². The predicted octanol–water partition coefficient (Wildman–Crippen LogP) is 3.85. The second-order valence-corrected chi connectivity index (χ2v) is 6.68. The van der Waals surface area contributed by atoms with Crippen LogP contribution >= 0.6 is 0 Å². The number of para-hydroxylation sites is 1. The maximum absolute atomic E-state index is 13.2. The van der Waals surface area contributed by atoms with Gasteiger partial charge in [-0.15, -0.1) is 0 Å². The molecule has 2 aromatic rings. The number of fused-ring (bicyclic) bond motifs is 1. The molecule has 0 bridgehead atoms. The number of amides is 2. The Morgan fingerprint density at radius 2 is 2.00 bits per heavy atom. The maximum atomic E-state index is 13.2. The molecule has 6 nitrogen and oxygen atoms in total. The van der Waals surface area contributed by atoms with Crippen LogP contribution in [0.1, 0.15) is 29.6 Å². The van der Waals surface area contributed by atoms with Crippen molar-refractivity contribution in [3.05, 3.63) is 46.9 Å². The number of carbonyl (C=O) groups excluding carboxylic acids is 1. The number of urea groups is 1. The normalized spacial score (nSPS) is 13.9. The molecule has 2 amide bonds. The van der Waals surface area contributed by atoms with Gasteiger partial charge in [0.25, 0.3) is 0 Å². The molecule has 0 saturated heterocycles. The van der Waals surface area contributed by atoms with Crippen LogP contribution in [0.25, 0.3) is 0 Å². The van der Waals surface area contributed by atoms with Crippen molar-refractivity contribution in [3.8, 4) is 0 Å². The van der Waals surface area contributed by atoms with E-state index >= 15 is 0 Å². The summed E-state index contributed by atoms with van der Waals surface area (Å²) in [5, 5.41) is 2.40. The van der Waals surface area contributed by atoms with Crippen LogP contribution in [0, 0.1) is 6.92 Å². The number of alkyl halides is 3. The van der Waals surface area contributed by atoms with Crippen LogP contribution in [-0.4, -0.2) is 41.0 Å². The van der Waals surface area contributed by atoms with E-state index in [1.165, 1.54) is 23.1 Å². The lowest BCUT2D eigenvalue weighted by Crippen LogP contribution is -2.40. The average molecular weight is 393 g/mol. The van der Waals surface area contributed by atoms with Crippen LogP contribution in [-0.2, 0) is 19.1 Å². The molecule has 28 heavy (non-hydrogen) atoms. The highest BCUT2D eigenvalue weighted by Crippen LogP contribution is 2.35. The van der Waals surface area contributed by atoms with Crippen molar-refractivity contribution in [2.75, 3.05) is 30.4 Å². The monoisotopic (exact) mass is 393 g/mol. The molecule has 0 atom stereocenters. The molecule has 0 saturated carbocycles. The van der Waals surface area contributed by atoms with Gasteiger partial charge in [-0.3, -0.25) is 0 Å². The Bertz CT molecular complexity index is 884. The Morgan fingerprint density at radius 3 is 2.68 bits per heavy atom. The third-order valence-electron chi connectivity index (χ3n) is 4.75. The fourth-order valence-corrected chi connectivity index (χ4v) is 3.19. The minimum Gasteiger partial charge on any atom is -0.360 e. The van der Waals surface area contributed by atoms with E-state index in [0.29, 0.717) is 18.8 Å². The Balaban J connectivity index is 1.84. The second-order valence-electron chi connectivity index (χ2n) is 6.68. The Hall–Kier alpha value is -2.84. The molecule has 1 aromatic heterocycles. The van der Waals surface area contributed by atoms with Crippen LogP contribution in [0.15, 0.2) is 24.3 Å². The van der Waals surface area contributed by atoms with Crippen molar-refractivity contribution in [1.29, 1.82) is 0 Å². The summed E-state index contributed by atoms with van der Waals surface area (Å²) < 4.78 is 39.5. The first-order chi connectivity index (χ1) is 13.2. The van der Waals surface area contributed by atoms with Gasteiger partial charge in [-0.05, 0) is 26.0 Å². The van der Waals surface area contributed by atoms with Crippen molar-refractivity contribution in [1.82, 2.24) is 14.9 Å². The fraction of sp³-hybridized carbons (Fsp3) is 0.421. The van der Waals surface area contributed by atoms with E-state index in [4.69, 9.17) is 0 Å². The fourth-order valence-electron chi connectivity index (χ4n) is 3.19. The molecule has 1 aromatic carbocycles.